The first-order valence-electron chi connectivity index (χ1n) is 14.3. The zero-order chi connectivity index (χ0) is 30.8. The summed E-state index contributed by atoms with van der Waals surface area (Å²) < 4.78 is 58.9. The summed E-state index contributed by atoms with van der Waals surface area (Å²) in [5.74, 6) is 1.14. The van der Waals surface area contributed by atoms with Gasteiger partial charge in [-0.25, -0.2) is 0 Å². The molecule has 0 fully saturated rings. The second-order valence-corrected chi connectivity index (χ2v) is 11.7. The van der Waals surface area contributed by atoms with Crippen LogP contribution < -0.4 is 14.8 Å². The number of benzene rings is 1. The lowest BCUT2D eigenvalue weighted by Gasteiger charge is -2.16. The van der Waals surface area contributed by atoms with Gasteiger partial charge in [0.05, 0.1) is 11.7 Å². The maximum atomic E-state index is 12.5. The molecule has 0 radical (unpaired) electrons. The van der Waals surface area contributed by atoms with Crippen LogP contribution in [0.2, 0.25) is 0 Å². The molecule has 0 saturated carbocycles. The van der Waals surface area contributed by atoms with Crippen LogP contribution in [0.3, 0.4) is 0 Å². The maximum absolute atomic E-state index is 12.5. The van der Waals surface area contributed by atoms with Crippen molar-refractivity contribution in [3.63, 3.8) is 0 Å². The quantitative estimate of drug-likeness (QED) is 0.106. The van der Waals surface area contributed by atoms with Gasteiger partial charge in [0.2, 0.25) is 5.91 Å². The van der Waals surface area contributed by atoms with Crippen LogP contribution in [0.15, 0.2) is 54.5 Å². The van der Waals surface area contributed by atoms with E-state index in [0.29, 0.717) is 24.3 Å². The number of ether oxygens (including phenoxy) is 2. The fraction of sp³-hybridized carbons (Fsp3) is 0.533. The molecule has 12 heteroatoms. The highest BCUT2D eigenvalue weighted by atomic mass is 31.2. The topological polar surface area (TPSA) is 118 Å². The second-order valence-electron chi connectivity index (χ2n) is 10.2. The van der Waals surface area contributed by atoms with E-state index in [1.54, 1.807) is 24.3 Å². The molecule has 1 unspecified atom stereocenters. The van der Waals surface area contributed by atoms with Crippen molar-refractivity contribution in [1.82, 2.24) is 10.3 Å². The number of carbonyl (C=O) groups excluding carboxylic acids is 1. The van der Waals surface area contributed by atoms with Gasteiger partial charge in [0, 0.05) is 24.5 Å². The molecule has 0 aliphatic rings. The summed E-state index contributed by atoms with van der Waals surface area (Å²) in [5.41, 5.74) is 1.18. The number of amides is 1. The van der Waals surface area contributed by atoms with Gasteiger partial charge in [0.25, 0.3) is 0 Å². The molecule has 0 aliphatic carbocycles. The Hall–Kier alpha value is -2.88. The van der Waals surface area contributed by atoms with Gasteiger partial charge in [-0.2, -0.15) is 13.2 Å². The molecule has 42 heavy (non-hydrogen) atoms. The fourth-order valence-corrected chi connectivity index (χ4v) is 4.61. The summed E-state index contributed by atoms with van der Waals surface area (Å²) >= 11 is 0. The minimum atomic E-state index is -4.44. The van der Waals surface area contributed by atoms with E-state index in [-0.39, 0.29) is 18.3 Å². The molecule has 2 aromatic rings. The van der Waals surface area contributed by atoms with Crippen LogP contribution >= 0.6 is 7.60 Å². The Labute approximate surface area is 245 Å². The third-order valence-electron chi connectivity index (χ3n) is 6.32. The van der Waals surface area contributed by atoms with Crippen LogP contribution in [0.25, 0.3) is 0 Å². The minimum absolute atomic E-state index is 0.00509. The predicted molar refractivity (Wildman–Crippen MR) is 155 cm³/mol. The molecule has 1 amide bonds. The van der Waals surface area contributed by atoms with E-state index < -0.39 is 26.4 Å². The number of halogens is 3. The molecule has 1 atom stereocenters. The zero-order valence-electron chi connectivity index (χ0n) is 24.0. The summed E-state index contributed by atoms with van der Waals surface area (Å²) in [7, 11) is -4.40. The molecule has 0 spiro atoms. The molecule has 3 N–H and O–H groups in total. The molecule has 1 aromatic heterocycles. The van der Waals surface area contributed by atoms with Crippen molar-refractivity contribution in [2.45, 2.75) is 96.4 Å². The van der Waals surface area contributed by atoms with E-state index in [1.807, 2.05) is 0 Å². The van der Waals surface area contributed by atoms with Crippen LogP contribution in [-0.2, 0) is 22.4 Å². The molecule has 0 bridgehead atoms. The Morgan fingerprint density at radius 2 is 1.62 bits per heavy atom. The Bertz CT molecular complexity index is 1140. The van der Waals surface area contributed by atoms with E-state index in [4.69, 9.17) is 9.47 Å². The van der Waals surface area contributed by atoms with E-state index in [0.717, 1.165) is 37.1 Å². The van der Waals surface area contributed by atoms with Crippen LogP contribution in [0, 0.1) is 0 Å². The van der Waals surface area contributed by atoms with Gasteiger partial charge in [-0.1, -0.05) is 76.5 Å². The number of pyridine rings is 1. The van der Waals surface area contributed by atoms with Gasteiger partial charge in [-0.15, -0.1) is 0 Å². The number of nitrogens with one attached hydrogen (secondary N) is 1. The molecule has 0 aliphatic heterocycles. The average Bonchev–Trinajstić information content (AvgIpc) is 2.93. The summed E-state index contributed by atoms with van der Waals surface area (Å²) in [6.07, 6.45) is 9.09. The average molecular weight is 615 g/mol. The Morgan fingerprint density at radius 1 is 0.976 bits per heavy atom. The Balaban J connectivity index is 1.84. The highest BCUT2D eigenvalue weighted by Crippen LogP contribution is 2.36. The third kappa shape index (κ3) is 17.2. The van der Waals surface area contributed by atoms with Crippen molar-refractivity contribution >= 4 is 13.5 Å². The summed E-state index contributed by atoms with van der Waals surface area (Å²) in [6.45, 7) is 0.799. The molecular formula is C30H42F3N2O6P. The number of rotatable bonds is 20. The lowest BCUT2D eigenvalue weighted by Crippen LogP contribution is -2.34. The monoisotopic (exact) mass is 614 g/mol. The van der Waals surface area contributed by atoms with Crippen molar-refractivity contribution in [2.75, 3.05) is 6.61 Å². The Kier molecular flexibility index (Phi) is 15.7. The highest BCUT2D eigenvalue weighted by molar-refractivity contribution is 7.55. The third-order valence-corrected chi connectivity index (χ3v) is 6.88. The SMILES string of the molecule is CCCCCCCCCCCC(=O)NC(C=CP(=O)(O)O)Cc1ccc(OCc2cc(OCC(F)(F)F)ccn2)cc1. The van der Waals surface area contributed by atoms with Crippen LogP contribution in [0.4, 0.5) is 13.2 Å². The lowest BCUT2D eigenvalue weighted by molar-refractivity contribution is -0.153. The summed E-state index contributed by atoms with van der Waals surface area (Å²) in [6, 6.07) is 8.98. The molecule has 2 rings (SSSR count). The van der Waals surface area contributed by atoms with Crippen molar-refractivity contribution in [2.24, 2.45) is 0 Å². The fourth-order valence-electron chi connectivity index (χ4n) is 4.18. The number of nitrogens with zero attached hydrogens (tertiary/aromatic N) is 1. The number of carbonyl (C=O) groups is 1. The van der Waals surface area contributed by atoms with Crippen molar-refractivity contribution in [3.05, 3.63) is 65.7 Å². The summed E-state index contributed by atoms with van der Waals surface area (Å²) in [4.78, 5) is 35.1. The van der Waals surface area contributed by atoms with Crippen LogP contribution in [-0.4, -0.2) is 39.5 Å². The number of alkyl halides is 3. The molecule has 234 valence electrons. The standard InChI is InChI=1S/C30H42F3N2O6P/c1-2-3-4-5-6-7-8-9-10-11-29(36)35-25(17-19-42(37,38)39)20-24-12-14-27(15-13-24)40-22-26-21-28(16-18-34-26)41-23-30(31,32)33/h12-19,21,25H,2-11,20,22-23H2,1H3,(H,35,36)(H2,37,38,39). The lowest BCUT2D eigenvalue weighted by atomic mass is 10.0. The van der Waals surface area contributed by atoms with E-state index in [2.05, 4.69) is 17.2 Å². The van der Waals surface area contributed by atoms with E-state index in [9.17, 15) is 32.3 Å². The largest absolute Gasteiger partial charge is 0.487 e. The number of aromatic nitrogens is 1. The van der Waals surface area contributed by atoms with Gasteiger partial charge in [0.1, 0.15) is 18.1 Å². The maximum Gasteiger partial charge on any atom is 0.422 e. The Morgan fingerprint density at radius 3 is 2.24 bits per heavy atom. The molecule has 0 saturated heterocycles. The number of unbranched alkanes of at least 4 members (excludes halogenated alkanes) is 8. The van der Waals surface area contributed by atoms with Gasteiger partial charge in [0.15, 0.2) is 6.61 Å². The van der Waals surface area contributed by atoms with E-state index >= 15 is 0 Å². The van der Waals surface area contributed by atoms with Gasteiger partial charge < -0.3 is 24.6 Å². The van der Waals surface area contributed by atoms with Gasteiger partial charge in [-0.05, 0) is 36.6 Å². The zero-order valence-corrected chi connectivity index (χ0v) is 24.9. The minimum Gasteiger partial charge on any atom is -0.487 e. The molecular weight excluding hydrogens is 572 g/mol. The van der Waals surface area contributed by atoms with Gasteiger partial charge >= 0.3 is 13.8 Å². The smallest absolute Gasteiger partial charge is 0.422 e. The molecule has 1 heterocycles. The normalized spacial score (nSPS) is 12.8. The van der Waals surface area contributed by atoms with Crippen molar-refractivity contribution in [1.29, 1.82) is 0 Å². The second kappa shape index (κ2) is 18.6. The highest BCUT2D eigenvalue weighted by Gasteiger charge is 2.28. The molecule has 1 aromatic carbocycles. The van der Waals surface area contributed by atoms with E-state index in [1.165, 1.54) is 56.5 Å². The number of hydrogen-bond acceptors (Lipinski definition) is 5. The van der Waals surface area contributed by atoms with Crippen LogP contribution in [0.1, 0.15) is 82.4 Å². The van der Waals surface area contributed by atoms with Crippen LogP contribution in [0.5, 0.6) is 11.5 Å². The van der Waals surface area contributed by atoms with Gasteiger partial charge in [-0.3, -0.25) is 14.3 Å². The number of hydrogen-bond donors (Lipinski definition) is 3. The summed E-state index contributed by atoms with van der Waals surface area (Å²) in [5, 5.41) is 2.86. The first-order chi connectivity index (χ1) is 19.9. The van der Waals surface area contributed by atoms with Crippen molar-refractivity contribution < 1.29 is 41.8 Å². The van der Waals surface area contributed by atoms with Crippen molar-refractivity contribution in [3.8, 4) is 11.5 Å². The first kappa shape index (κ1) is 35.3. The predicted octanol–water partition coefficient (Wildman–Crippen LogP) is 7.24. The first-order valence-corrected chi connectivity index (χ1v) is 16.0. The molecule has 8 nitrogen and oxygen atoms in total.